The highest BCUT2D eigenvalue weighted by Crippen LogP contribution is 2.14. The van der Waals surface area contributed by atoms with Crippen LogP contribution in [0.3, 0.4) is 0 Å². The molecule has 0 saturated carbocycles. The molecule has 4 nitrogen and oxygen atoms in total. The minimum absolute atomic E-state index is 0.213. The zero-order chi connectivity index (χ0) is 14.5. The van der Waals surface area contributed by atoms with Crippen LogP contribution in [-0.2, 0) is 6.54 Å². The average Bonchev–Trinajstić information content (AvgIpc) is 2.27. The van der Waals surface area contributed by atoms with Crippen LogP contribution in [0, 0.1) is 5.41 Å². The first-order valence-corrected chi connectivity index (χ1v) is 6.54. The summed E-state index contributed by atoms with van der Waals surface area (Å²) in [7, 11) is 4.16. The molecule has 0 radical (unpaired) electrons. The molecule has 3 N–H and O–H groups in total. The Kier molecular flexibility index (Phi) is 5.51. The van der Waals surface area contributed by atoms with Gasteiger partial charge < -0.3 is 16.0 Å². The van der Waals surface area contributed by atoms with Crippen LogP contribution in [0.1, 0.15) is 29.8 Å². The van der Waals surface area contributed by atoms with Crippen molar-refractivity contribution in [3.05, 3.63) is 35.4 Å². The molecule has 0 aliphatic carbocycles. The number of nitrogens with two attached hydrogens (primary N) is 1. The van der Waals surface area contributed by atoms with Gasteiger partial charge in [-0.2, -0.15) is 0 Å². The molecule has 0 unspecified atom stereocenters. The van der Waals surface area contributed by atoms with E-state index in [1.807, 2.05) is 18.2 Å². The molecule has 1 aromatic rings. The lowest BCUT2D eigenvalue weighted by Crippen LogP contribution is -2.37. The van der Waals surface area contributed by atoms with E-state index in [9.17, 15) is 4.79 Å². The monoisotopic (exact) mass is 263 g/mol. The van der Waals surface area contributed by atoms with Crippen LogP contribution >= 0.6 is 0 Å². The van der Waals surface area contributed by atoms with Crippen molar-refractivity contribution < 1.29 is 4.79 Å². The lowest BCUT2D eigenvalue weighted by molar-refractivity contribution is 0.1000. The third kappa shape index (κ3) is 5.85. The Balaban J connectivity index is 2.49. The van der Waals surface area contributed by atoms with Gasteiger partial charge in [-0.3, -0.25) is 4.79 Å². The summed E-state index contributed by atoms with van der Waals surface area (Å²) in [6.45, 7) is 7.17. The molecule has 0 aliphatic heterocycles. The highest BCUT2D eigenvalue weighted by molar-refractivity contribution is 5.92. The number of benzene rings is 1. The molecule has 0 fully saturated rings. The van der Waals surface area contributed by atoms with Crippen LogP contribution < -0.4 is 11.1 Å². The Labute approximate surface area is 116 Å². The Morgan fingerprint density at radius 2 is 2.05 bits per heavy atom. The highest BCUT2D eigenvalue weighted by atomic mass is 16.1. The molecule has 4 heteroatoms. The van der Waals surface area contributed by atoms with E-state index in [2.05, 4.69) is 38.2 Å². The molecular weight excluding hydrogens is 238 g/mol. The molecule has 0 bridgehead atoms. The standard InChI is InChI=1S/C15H25N3O/c1-15(2,11-18(3)4)10-17-9-12-6-5-7-13(8-12)14(16)19/h5-8,17H,9-11H2,1-4H3,(H2,16,19). The summed E-state index contributed by atoms with van der Waals surface area (Å²) in [6, 6.07) is 7.44. The molecule has 0 heterocycles. The number of hydrogen-bond donors (Lipinski definition) is 2. The summed E-state index contributed by atoms with van der Waals surface area (Å²) < 4.78 is 0. The van der Waals surface area contributed by atoms with Gasteiger partial charge in [-0.15, -0.1) is 0 Å². The Hall–Kier alpha value is -1.39. The fourth-order valence-electron chi connectivity index (χ4n) is 2.29. The van der Waals surface area contributed by atoms with Gasteiger partial charge in [0.25, 0.3) is 0 Å². The minimum atomic E-state index is -0.380. The summed E-state index contributed by atoms with van der Waals surface area (Å²) >= 11 is 0. The third-order valence-corrected chi connectivity index (χ3v) is 2.89. The van der Waals surface area contributed by atoms with E-state index in [1.54, 1.807) is 6.07 Å². The van der Waals surface area contributed by atoms with E-state index in [0.717, 1.165) is 25.2 Å². The molecule has 0 spiro atoms. The van der Waals surface area contributed by atoms with Crippen molar-refractivity contribution in [2.75, 3.05) is 27.2 Å². The fraction of sp³-hybridized carbons (Fsp3) is 0.533. The molecule has 19 heavy (non-hydrogen) atoms. The molecule has 1 amide bonds. The van der Waals surface area contributed by atoms with Gasteiger partial charge in [-0.25, -0.2) is 0 Å². The lowest BCUT2D eigenvalue weighted by Gasteiger charge is -2.28. The fourth-order valence-corrected chi connectivity index (χ4v) is 2.29. The number of carbonyl (C=O) groups is 1. The normalized spacial score (nSPS) is 11.8. The number of nitrogens with zero attached hydrogens (tertiary/aromatic N) is 1. The van der Waals surface area contributed by atoms with Crippen molar-refractivity contribution in [3.8, 4) is 0 Å². The van der Waals surface area contributed by atoms with Crippen molar-refractivity contribution in [1.82, 2.24) is 10.2 Å². The maximum Gasteiger partial charge on any atom is 0.248 e. The zero-order valence-electron chi connectivity index (χ0n) is 12.4. The van der Waals surface area contributed by atoms with Crippen LogP contribution in [0.25, 0.3) is 0 Å². The van der Waals surface area contributed by atoms with Crippen LogP contribution in [0.2, 0.25) is 0 Å². The second-order valence-electron chi connectivity index (χ2n) is 6.07. The SMILES string of the molecule is CN(C)CC(C)(C)CNCc1cccc(C(N)=O)c1. The van der Waals surface area contributed by atoms with Gasteiger partial charge in [0.1, 0.15) is 0 Å². The number of carbonyl (C=O) groups excluding carboxylic acids is 1. The van der Waals surface area contributed by atoms with Crippen LogP contribution in [0.4, 0.5) is 0 Å². The Morgan fingerprint density at radius 1 is 1.37 bits per heavy atom. The van der Waals surface area contributed by atoms with Gasteiger partial charge in [-0.1, -0.05) is 26.0 Å². The first kappa shape index (κ1) is 15.7. The van der Waals surface area contributed by atoms with E-state index in [-0.39, 0.29) is 11.3 Å². The number of amides is 1. The topological polar surface area (TPSA) is 58.4 Å². The minimum Gasteiger partial charge on any atom is -0.366 e. The first-order valence-electron chi connectivity index (χ1n) is 6.54. The summed E-state index contributed by atoms with van der Waals surface area (Å²) in [5, 5.41) is 3.43. The van der Waals surface area contributed by atoms with Crippen molar-refractivity contribution in [1.29, 1.82) is 0 Å². The van der Waals surface area contributed by atoms with E-state index < -0.39 is 0 Å². The van der Waals surface area contributed by atoms with Crippen molar-refractivity contribution >= 4 is 5.91 Å². The maximum atomic E-state index is 11.1. The van der Waals surface area contributed by atoms with E-state index in [4.69, 9.17) is 5.73 Å². The predicted octanol–water partition coefficient (Wildman–Crippen LogP) is 1.46. The van der Waals surface area contributed by atoms with E-state index in [1.165, 1.54) is 0 Å². The molecule has 0 atom stereocenters. The molecular formula is C15H25N3O. The summed E-state index contributed by atoms with van der Waals surface area (Å²) in [5.41, 5.74) is 7.13. The van der Waals surface area contributed by atoms with Gasteiger partial charge >= 0.3 is 0 Å². The predicted molar refractivity (Wildman–Crippen MR) is 79.0 cm³/mol. The van der Waals surface area contributed by atoms with Gasteiger partial charge in [0.15, 0.2) is 0 Å². The number of rotatable bonds is 7. The smallest absolute Gasteiger partial charge is 0.248 e. The maximum absolute atomic E-state index is 11.1. The van der Waals surface area contributed by atoms with Gasteiger partial charge in [0, 0.05) is 25.2 Å². The number of hydrogen-bond acceptors (Lipinski definition) is 3. The van der Waals surface area contributed by atoms with Crippen molar-refractivity contribution in [2.24, 2.45) is 11.1 Å². The van der Waals surface area contributed by atoms with Crippen LogP contribution in [0.15, 0.2) is 24.3 Å². The summed E-state index contributed by atoms with van der Waals surface area (Å²) in [5.74, 6) is -0.380. The van der Waals surface area contributed by atoms with Crippen LogP contribution in [0.5, 0.6) is 0 Å². The quantitative estimate of drug-likeness (QED) is 0.783. The molecule has 0 saturated heterocycles. The van der Waals surface area contributed by atoms with Gasteiger partial charge in [0.05, 0.1) is 0 Å². The van der Waals surface area contributed by atoms with E-state index in [0.29, 0.717) is 5.56 Å². The third-order valence-electron chi connectivity index (χ3n) is 2.89. The highest BCUT2D eigenvalue weighted by Gasteiger charge is 2.18. The zero-order valence-corrected chi connectivity index (χ0v) is 12.4. The van der Waals surface area contributed by atoms with Crippen molar-refractivity contribution in [2.45, 2.75) is 20.4 Å². The molecule has 1 rings (SSSR count). The Bertz CT molecular complexity index is 427. The second kappa shape index (κ2) is 6.68. The van der Waals surface area contributed by atoms with Gasteiger partial charge in [0.2, 0.25) is 5.91 Å². The van der Waals surface area contributed by atoms with Gasteiger partial charge in [-0.05, 0) is 37.2 Å². The van der Waals surface area contributed by atoms with Crippen molar-refractivity contribution in [3.63, 3.8) is 0 Å². The number of primary amides is 1. The molecule has 0 aliphatic rings. The summed E-state index contributed by atoms with van der Waals surface area (Å²) in [4.78, 5) is 13.3. The lowest BCUT2D eigenvalue weighted by atomic mass is 9.93. The Morgan fingerprint density at radius 3 is 2.63 bits per heavy atom. The average molecular weight is 263 g/mol. The molecule has 1 aromatic carbocycles. The van der Waals surface area contributed by atoms with E-state index >= 15 is 0 Å². The molecule has 0 aromatic heterocycles. The number of nitrogens with one attached hydrogen (secondary N) is 1. The summed E-state index contributed by atoms with van der Waals surface area (Å²) in [6.07, 6.45) is 0. The molecule has 106 valence electrons. The largest absolute Gasteiger partial charge is 0.366 e. The second-order valence-corrected chi connectivity index (χ2v) is 6.07. The first-order chi connectivity index (χ1) is 8.80. The van der Waals surface area contributed by atoms with Crippen LogP contribution in [-0.4, -0.2) is 38.0 Å².